The molecule has 3 heterocycles. The SMILES string of the molecule is COC(=O)c1c(C)[nH]c(C(=O)[C@H](C)Sc2nnc(Cc3cccs3)n2C)c1C. The van der Waals surface area contributed by atoms with Gasteiger partial charge in [-0.05, 0) is 37.8 Å². The standard InChI is InChI=1S/C19H22N4O3S2/c1-10-15(18(25)26-5)11(2)20-16(10)17(24)12(3)28-19-22-21-14(23(19)4)9-13-7-6-8-27-13/h6-8,12,20H,9H2,1-5H3/t12-/m0/s1. The second-order valence-corrected chi connectivity index (χ2v) is 8.80. The molecule has 0 aliphatic heterocycles. The number of thioether (sulfide) groups is 1. The van der Waals surface area contributed by atoms with E-state index in [1.807, 2.05) is 30.0 Å². The van der Waals surface area contributed by atoms with Crippen LogP contribution >= 0.6 is 23.1 Å². The lowest BCUT2D eigenvalue weighted by Crippen LogP contribution is -2.16. The number of aromatic nitrogens is 4. The van der Waals surface area contributed by atoms with Gasteiger partial charge in [0.05, 0.1) is 23.6 Å². The highest BCUT2D eigenvalue weighted by Crippen LogP contribution is 2.27. The minimum atomic E-state index is -0.447. The van der Waals surface area contributed by atoms with Gasteiger partial charge >= 0.3 is 5.97 Å². The predicted molar refractivity (Wildman–Crippen MR) is 109 cm³/mol. The molecule has 3 aromatic heterocycles. The lowest BCUT2D eigenvalue weighted by molar-refractivity contribution is 0.0599. The van der Waals surface area contributed by atoms with Crippen LogP contribution in [-0.2, 0) is 18.2 Å². The zero-order chi connectivity index (χ0) is 20.4. The van der Waals surface area contributed by atoms with Gasteiger partial charge in [-0.3, -0.25) is 4.79 Å². The van der Waals surface area contributed by atoms with E-state index in [1.165, 1.54) is 23.7 Å². The normalized spacial score (nSPS) is 12.2. The number of carbonyl (C=O) groups is 2. The maximum Gasteiger partial charge on any atom is 0.339 e. The summed E-state index contributed by atoms with van der Waals surface area (Å²) in [5, 5.41) is 10.8. The number of methoxy groups -OCH3 is 1. The smallest absolute Gasteiger partial charge is 0.339 e. The molecule has 0 saturated heterocycles. The van der Waals surface area contributed by atoms with Gasteiger partial charge in [0.2, 0.25) is 0 Å². The van der Waals surface area contributed by atoms with Crippen LogP contribution in [0.3, 0.4) is 0 Å². The summed E-state index contributed by atoms with van der Waals surface area (Å²) < 4.78 is 6.73. The summed E-state index contributed by atoms with van der Waals surface area (Å²) >= 11 is 3.03. The van der Waals surface area contributed by atoms with E-state index in [4.69, 9.17) is 4.74 Å². The molecule has 0 aliphatic carbocycles. The Hall–Kier alpha value is -2.39. The molecular weight excluding hydrogens is 396 g/mol. The average Bonchev–Trinajstić information content (AvgIpc) is 3.37. The van der Waals surface area contributed by atoms with Crippen molar-refractivity contribution in [2.24, 2.45) is 7.05 Å². The minimum absolute atomic E-state index is 0.0939. The number of hydrogen-bond donors (Lipinski definition) is 1. The third-order valence-electron chi connectivity index (χ3n) is 4.56. The van der Waals surface area contributed by atoms with Crippen molar-refractivity contribution in [1.29, 1.82) is 0 Å². The van der Waals surface area contributed by atoms with E-state index >= 15 is 0 Å². The number of ether oxygens (including phenoxy) is 1. The molecule has 1 atom stereocenters. The molecule has 148 valence electrons. The van der Waals surface area contributed by atoms with Crippen LogP contribution in [0.4, 0.5) is 0 Å². The fourth-order valence-electron chi connectivity index (χ4n) is 2.99. The van der Waals surface area contributed by atoms with Crippen LogP contribution < -0.4 is 0 Å². The number of hydrogen-bond acceptors (Lipinski definition) is 7. The Bertz CT molecular complexity index is 1000. The first-order valence-corrected chi connectivity index (χ1v) is 10.5. The molecule has 0 fully saturated rings. The first-order chi connectivity index (χ1) is 13.3. The monoisotopic (exact) mass is 418 g/mol. The number of carbonyl (C=O) groups excluding carboxylic acids is 2. The van der Waals surface area contributed by atoms with E-state index in [-0.39, 0.29) is 11.0 Å². The maximum atomic E-state index is 13.0. The van der Waals surface area contributed by atoms with Gasteiger partial charge in [-0.25, -0.2) is 4.79 Å². The summed E-state index contributed by atoms with van der Waals surface area (Å²) in [7, 11) is 3.23. The molecule has 7 nitrogen and oxygen atoms in total. The highest BCUT2D eigenvalue weighted by molar-refractivity contribution is 8.00. The fourth-order valence-corrected chi connectivity index (χ4v) is 4.58. The minimum Gasteiger partial charge on any atom is -0.465 e. The zero-order valence-corrected chi connectivity index (χ0v) is 18.0. The van der Waals surface area contributed by atoms with E-state index in [0.717, 1.165) is 5.82 Å². The molecule has 0 aromatic carbocycles. The number of esters is 1. The van der Waals surface area contributed by atoms with Crippen molar-refractivity contribution in [3.05, 3.63) is 50.7 Å². The number of ketones is 1. The molecule has 0 aliphatic rings. The largest absolute Gasteiger partial charge is 0.465 e. The topological polar surface area (TPSA) is 89.9 Å². The molecule has 28 heavy (non-hydrogen) atoms. The number of Topliss-reactive ketones (excluding diaryl/α,β-unsaturated/α-hetero) is 1. The number of aryl methyl sites for hydroxylation is 1. The van der Waals surface area contributed by atoms with Crippen LogP contribution in [0.5, 0.6) is 0 Å². The second-order valence-electron chi connectivity index (χ2n) is 6.45. The van der Waals surface area contributed by atoms with Crippen LogP contribution in [0.1, 0.15) is 49.7 Å². The number of nitrogens with one attached hydrogen (secondary N) is 1. The Kier molecular flexibility index (Phi) is 6.04. The van der Waals surface area contributed by atoms with Crippen molar-refractivity contribution in [3.8, 4) is 0 Å². The summed E-state index contributed by atoms with van der Waals surface area (Å²) in [6.45, 7) is 5.34. The van der Waals surface area contributed by atoms with Crippen LogP contribution in [0.25, 0.3) is 0 Å². The zero-order valence-electron chi connectivity index (χ0n) is 16.4. The summed E-state index contributed by atoms with van der Waals surface area (Å²) in [6, 6.07) is 4.07. The Morgan fingerprint density at radius 1 is 1.36 bits per heavy atom. The first-order valence-electron chi connectivity index (χ1n) is 8.72. The molecule has 3 rings (SSSR count). The third kappa shape index (κ3) is 3.90. The first kappa shape index (κ1) is 20.3. The van der Waals surface area contributed by atoms with Crippen molar-refractivity contribution >= 4 is 34.9 Å². The molecule has 0 amide bonds. The fraction of sp³-hybridized carbons (Fsp3) is 0.368. The van der Waals surface area contributed by atoms with E-state index < -0.39 is 5.97 Å². The third-order valence-corrected chi connectivity index (χ3v) is 6.57. The molecule has 3 aromatic rings. The van der Waals surface area contributed by atoms with E-state index in [1.54, 1.807) is 25.2 Å². The van der Waals surface area contributed by atoms with Crippen molar-refractivity contribution in [3.63, 3.8) is 0 Å². The lowest BCUT2D eigenvalue weighted by Gasteiger charge is -2.10. The Morgan fingerprint density at radius 2 is 2.11 bits per heavy atom. The summed E-state index contributed by atoms with van der Waals surface area (Å²) in [5.74, 6) is 0.310. The second kappa shape index (κ2) is 8.32. The number of thiophene rings is 1. The van der Waals surface area contributed by atoms with Gasteiger partial charge < -0.3 is 14.3 Å². The molecule has 0 bridgehead atoms. The number of aromatic amines is 1. The van der Waals surface area contributed by atoms with Gasteiger partial charge in [-0.15, -0.1) is 21.5 Å². The highest BCUT2D eigenvalue weighted by Gasteiger charge is 2.27. The van der Waals surface area contributed by atoms with Crippen LogP contribution in [0.2, 0.25) is 0 Å². The number of nitrogens with zero attached hydrogens (tertiary/aromatic N) is 3. The lowest BCUT2D eigenvalue weighted by atomic mass is 10.1. The van der Waals surface area contributed by atoms with E-state index in [9.17, 15) is 9.59 Å². The maximum absolute atomic E-state index is 13.0. The summed E-state index contributed by atoms with van der Waals surface area (Å²) in [5.41, 5.74) is 2.08. The Morgan fingerprint density at radius 3 is 2.75 bits per heavy atom. The van der Waals surface area contributed by atoms with Crippen molar-refractivity contribution < 1.29 is 14.3 Å². The molecule has 0 spiro atoms. The van der Waals surface area contributed by atoms with E-state index in [2.05, 4.69) is 21.2 Å². The van der Waals surface area contributed by atoms with Crippen LogP contribution in [-0.4, -0.2) is 43.9 Å². The van der Waals surface area contributed by atoms with Gasteiger partial charge in [0, 0.05) is 24.0 Å². The molecule has 0 radical (unpaired) electrons. The summed E-state index contributed by atoms with van der Waals surface area (Å²) in [6.07, 6.45) is 0.710. The number of rotatable bonds is 7. The van der Waals surface area contributed by atoms with Gasteiger partial charge in [-0.2, -0.15) is 0 Å². The molecule has 1 N–H and O–H groups in total. The summed E-state index contributed by atoms with van der Waals surface area (Å²) in [4.78, 5) is 29.2. The molecule has 0 unspecified atom stereocenters. The number of H-pyrrole nitrogens is 1. The van der Waals surface area contributed by atoms with Crippen LogP contribution in [0, 0.1) is 13.8 Å². The average molecular weight is 419 g/mol. The van der Waals surface area contributed by atoms with Gasteiger partial charge in [0.15, 0.2) is 10.9 Å². The molecule has 9 heteroatoms. The van der Waals surface area contributed by atoms with E-state index in [0.29, 0.717) is 34.1 Å². The molecular formula is C19H22N4O3S2. The Labute approximate surface area is 171 Å². The van der Waals surface area contributed by atoms with Gasteiger partial charge in [-0.1, -0.05) is 17.8 Å². The van der Waals surface area contributed by atoms with Crippen LogP contribution in [0.15, 0.2) is 22.7 Å². The highest BCUT2D eigenvalue weighted by atomic mass is 32.2. The molecule has 0 saturated carbocycles. The van der Waals surface area contributed by atoms with Crippen molar-refractivity contribution in [2.45, 2.75) is 37.6 Å². The quantitative estimate of drug-likeness (QED) is 0.358. The van der Waals surface area contributed by atoms with Crippen molar-refractivity contribution in [2.75, 3.05) is 7.11 Å². The van der Waals surface area contributed by atoms with Gasteiger partial charge in [0.1, 0.15) is 5.82 Å². The predicted octanol–water partition coefficient (Wildman–Crippen LogP) is 3.56. The van der Waals surface area contributed by atoms with Crippen molar-refractivity contribution in [1.82, 2.24) is 19.7 Å². The van der Waals surface area contributed by atoms with Gasteiger partial charge in [0.25, 0.3) is 0 Å². The Balaban J connectivity index is 1.77.